The summed E-state index contributed by atoms with van der Waals surface area (Å²) in [5, 5.41) is 12.7. The van der Waals surface area contributed by atoms with Gasteiger partial charge in [0.2, 0.25) is 5.91 Å². The second-order valence-electron chi connectivity index (χ2n) is 8.36. The summed E-state index contributed by atoms with van der Waals surface area (Å²) < 4.78 is 2.10. The average Bonchev–Trinajstić information content (AvgIpc) is 3.50. The molecule has 1 aliphatic heterocycles. The number of hydrogen-bond donors (Lipinski definition) is 1. The molecule has 1 unspecified atom stereocenters. The highest BCUT2D eigenvalue weighted by atomic mass is 16.2. The lowest BCUT2D eigenvalue weighted by molar-refractivity contribution is -0.135. The monoisotopic (exact) mass is 377 g/mol. The van der Waals surface area contributed by atoms with E-state index in [1.54, 1.807) is 0 Å². The molecule has 3 aromatic rings. The number of carbonyl (C=O) groups excluding carboxylic acids is 1. The zero-order valence-electron chi connectivity index (χ0n) is 16.2. The lowest BCUT2D eigenvalue weighted by atomic mass is 9.88. The van der Waals surface area contributed by atoms with E-state index in [0.29, 0.717) is 11.8 Å². The second kappa shape index (κ2) is 7.41. The highest BCUT2D eigenvalue weighted by Gasteiger charge is 2.31. The first-order valence-electron chi connectivity index (χ1n) is 10.5. The number of nitrogens with one attached hydrogen (secondary N) is 1. The van der Waals surface area contributed by atoms with E-state index in [4.69, 9.17) is 0 Å². The van der Waals surface area contributed by atoms with E-state index in [0.717, 1.165) is 60.9 Å². The third-order valence-electron chi connectivity index (χ3n) is 6.46. The number of H-pyrrole nitrogens is 1. The van der Waals surface area contributed by atoms with Crippen LogP contribution in [0.3, 0.4) is 0 Å². The number of carbonyl (C=O) groups is 1. The molecule has 1 amide bonds. The van der Waals surface area contributed by atoms with E-state index in [9.17, 15) is 4.79 Å². The zero-order chi connectivity index (χ0) is 18.9. The summed E-state index contributed by atoms with van der Waals surface area (Å²) in [5.74, 6) is 1.17. The fourth-order valence-corrected chi connectivity index (χ4v) is 4.86. The standard InChI is InChI=1S/C22H27N5O/c28-22(17-4-2-1-3-5-17)26-9-8-16(14-26)15-27-21-7-6-18(10-19(21)13-25-27)20-11-23-24-12-20/h6-7,10-13,16-17H,1-5,8-9,14-15H2,(H,23,24). The van der Waals surface area contributed by atoms with Gasteiger partial charge >= 0.3 is 0 Å². The SMILES string of the molecule is O=C(C1CCCCC1)N1CCC(Cn2ncc3cc(-c4cn[nH]c4)ccc32)C1. The van der Waals surface area contributed by atoms with E-state index in [1.807, 2.05) is 18.6 Å². The highest BCUT2D eigenvalue weighted by molar-refractivity contribution is 5.84. The number of likely N-dealkylation sites (tertiary alicyclic amines) is 1. The Hall–Kier alpha value is -2.63. The van der Waals surface area contributed by atoms with E-state index < -0.39 is 0 Å². The number of amides is 1. The Bertz CT molecular complexity index is 955. The Morgan fingerprint density at radius 1 is 1.11 bits per heavy atom. The van der Waals surface area contributed by atoms with Crippen molar-refractivity contribution in [2.45, 2.75) is 45.1 Å². The Balaban J connectivity index is 1.26. The van der Waals surface area contributed by atoms with Crippen molar-refractivity contribution in [2.75, 3.05) is 13.1 Å². The maximum Gasteiger partial charge on any atom is 0.225 e. The summed E-state index contributed by atoms with van der Waals surface area (Å²) in [7, 11) is 0. The first kappa shape index (κ1) is 17.5. The van der Waals surface area contributed by atoms with Gasteiger partial charge in [0.05, 0.1) is 17.9 Å². The van der Waals surface area contributed by atoms with Crippen LogP contribution in [-0.4, -0.2) is 43.9 Å². The van der Waals surface area contributed by atoms with Gasteiger partial charge in [0.1, 0.15) is 0 Å². The van der Waals surface area contributed by atoms with Gasteiger partial charge in [-0.3, -0.25) is 14.6 Å². The first-order chi connectivity index (χ1) is 13.8. The minimum Gasteiger partial charge on any atom is -0.342 e. The molecule has 1 N–H and O–H groups in total. The van der Waals surface area contributed by atoms with Gasteiger partial charge in [0.25, 0.3) is 0 Å². The normalized spacial score (nSPS) is 20.9. The van der Waals surface area contributed by atoms with E-state index in [1.165, 1.54) is 19.3 Å². The predicted octanol–water partition coefficient (Wildman–Crippen LogP) is 3.86. The van der Waals surface area contributed by atoms with Crippen molar-refractivity contribution in [2.24, 2.45) is 11.8 Å². The number of nitrogens with zero attached hydrogens (tertiary/aromatic N) is 4. The molecule has 1 atom stereocenters. The number of aromatic nitrogens is 4. The van der Waals surface area contributed by atoms with Crippen molar-refractivity contribution in [3.05, 3.63) is 36.8 Å². The lowest BCUT2D eigenvalue weighted by Gasteiger charge is -2.26. The molecule has 2 fully saturated rings. The molecule has 1 aliphatic carbocycles. The first-order valence-corrected chi connectivity index (χ1v) is 10.5. The Kier molecular flexibility index (Phi) is 4.63. The smallest absolute Gasteiger partial charge is 0.225 e. The van der Waals surface area contributed by atoms with Crippen LogP contribution < -0.4 is 0 Å². The van der Waals surface area contributed by atoms with E-state index in [2.05, 4.69) is 43.1 Å². The molecule has 2 aromatic heterocycles. The molecule has 146 valence electrons. The van der Waals surface area contributed by atoms with Crippen molar-refractivity contribution >= 4 is 16.8 Å². The summed E-state index contributed by atoms with van der Waals surface area (Å²) in [6.07, 6.45) is 12.7. The van der Waals surface area contributed by atoms with Gasteiger partial charge in [-0.2, -0.15) is 10.2 Å². The quantitative estimate of drug-likeness (QED) is 0.751. The predicted molar refractivity (Wildman–Crippen MR) is 109 cm³/mol. The lowest BCUT2D eigenvalue weighted by Crippen LogP contribution is -2.35. The molecule has 5 rings (SSSR count). The maximum absolute atomic E-state index is 12.8. The molecule has 3 heterocycles. The largest absolute Gasteiger partial charge is 0.342 e. The van der Waals surface area contributed by atoms with Gasteiger partial charge in [-0.25, -0.2) is 0 Å². The van der Waals surface area contributed by atoms with Gasteiger partial charge in [-0.1, -0.05) is 25.3 Å². The molecule has 2 aliphatic rings. The number of fused-ring (bicyclic) bond motifs is 1. The van der Waals surface area contributed by atoms with Crippen LogP contribution in [0.1, 0.15) is 38.5 Å². The van der Waals surface area contributed by atoms with Crippen molar-refractivity contribution in [1.29, 1.82) is 0 Å². The van der Waals surface area contributed by atoms with Crippen LogP contribution in [0.25, 0.3) is 22.0 Å². The van der Waals surface area contributed by atoms with Crippen LogP contribution in [0.5, 0.6) is 0 Å². The average molecular weight is 377 g/mol. The topological polar surface area (TPSA) is 66.8 Å². The van der Waals surface area contributed by atoms with Gasteiger partial charge < -0.3 is 4.90 Å². The van der Waals surface area contributed by atoms with Crippen molar-refractivity contribution < 1.29 is 4.79 Å². The minimum atomic E-state index is 0.277. The van der Waals surface area contributed by atoms with Crippen molar-refractivity contribution in [3.63, 3.8) is 0 Å². The van der Waals surface area contributed by atoms with E-state index in [-0.39, 0.29) is 5.92 Å². The van der Waals surface area contributed by atoms with Crippen LogP contribution in [-0.2, 0) is 11.3 Å². The molecule has 1 saturated heterocycles. The molecule has 1 saturated carbocycles. The van der Waals surface area contributed by atoms with Crippen LogP contribution in [0.15, 0.2) is 36.8 Å². The van der Waals surface area contributed by atoms with Gasteiger partial charge in [0.15, 0.2) is 0 Å². The third kappa shape index (κ3) is 3.32. The number of rotatable bonds is 4. The summed E-state index contributed by atoms with van der Waals surface area (Å²) >= 11 is 0. The maximum atomic E-state index is 12.8. The molecular formula is C22H27N5O. The summed E-state index contributed by atoms with van der Waals surface area (Å²) in [6.45, 7) is 2.66. The van der Waals surface area contributed by atoms with Gasteiger partial charge in [-0.05, 0) is 42.9 Å². The fourth-order valence-electron chi connectivity index (χ4n) is 4.86. The fraction of sp³-hybridized carbons (Fsp3) is 0.500. The Morgan fingerprint density at radius 2 is 2.00 bits per heavy atom. The highest BCUT2D eigenvalue weighted by Crippen LogP contribution is 2.29. The minimum absolute atomic E-state index is 0.277. The Labute approximate surface area is 164 Å². The number of benzene rings is 1. The van der Waals surface area contributed by atoms with Crippen LogP contribution >= 0.6 is 0 Å². The van der Waals surface area contributed by atoms with Crippen molar-refractivity contribution in [3.8, 4) is 11.1 Å². The second-order valence-corrected chi connectivity index (χ2v) is 8.36. The van der Waals surface area contributed by atoms with Gasteiger partial charge in [0, 0.05) is 42.7 Å². The zero-order valence-corrected chi connectivity index (χ0v) is 16.2. The summed E-state index contributed by atoms with van der Waals surface area (Å²) in [4.78, 5) is 14.9. The van der Waals surface area contributed by atoms with E-state index >= 15 is 0 Å². The molecule has 6 heteroatoms. The van der Waals surface area contributed by atoms with Crippen LogP contribution in [0, 0.1) is 11.8 Å². The number of aromatic amines is 1. The van der Waals surface area contributed by atoms with Crippen molar-refractivity contribution in [1.82, 2.24) is 24.9 Å². The molecule has 6 nitrogen and oxygen atoms in total. The molecule has 0 radical (unpaired) electrons. The number of hydrogen-bond acceptors (Lipinski definition) is 3. The summed E-state index contributed by atoms with van der Waals surface area (Å²) in [6, 6.07) is 6.43. The molecule has 0 bridgehead atoms. The summed E-state index contributed by atoms with van der Waals surface area (Å²) in [5.41, 5.74) is 3.39. The van der Waals surface area contributed by atoms with Gasteiger partial charge in [-0.15, -0.1) is 0 Å². The molecule has 0 spiro atoms. The van der Waals surface area contributed by atoms with Crippen LogP contribution in [0.4, 0.5) is 0 Å². The molecule has 28 heavy (non-hydrogen) atoms. The Morgan fingerprint density at radius 3 is 2.82 bits per heavy atom. The molecular weight excluding hydrogens is 350 g/mol. The third-order valence-corrected chi connectivity index (χ3v) is 6.46. The molecule has 1 aromatic carbocycles. The van der Waals surface area contributed by atoms with Crippen LogP contribution in [0.2, 0.25) is 0 Å².